The number of nitrogens with two attached hydrogens (primary N) is 1. The summed E-state index contributed by atoms with van der Waals surface area (Å²) in [5, 5.41) is 2.10. The fraction of sp³-hybridized carbons (Fsp3) is 0.182. The van der Waals surface area contributed by atoms with Crippen LogP contribution in [0.5, 0.6) is 0 Å². The fourth-order valence-electron chi connectivity index (χ4n) is 1.19. The molecular weight excluding hydrogens is 256 g/mol. The van der Waals surface area contributed by atoms with E-state index < -0.39 is 0 Å². The highest BCUT2D eigenvalue weighted by molar-refractivity contribution is 8.01. The first-order valence-electron chi connectivity index (χ1n) is 4.79. The van der Waals surface area contributed by atoms with E-state index in [0.29, 0.717) is 6.54 Å². The summed E-state index contributed by atoms with van der Waals surface area (Å²) in [4.78, 5) is 5.73. The Labute approximate surface area is 108 Å². The second-order valence-electron chi connectivity index (χ2n) is 3.05. The molecule has 84 valence electrons. The van der Waals surface area contributed by atoms with Crippen molar-refractivity contribution in [2.75, 3.05) is 6.26 Å². The largest absolute Gasteiger partial charge is 0.326 e. The average molecular weight is 268 g/mol. The van der Waals surface area contributed by atoms with E-state index in [4.69, 9.17) is 5.73 Å². The highest BCUT2D eigenvalue weighted by Gasteiger charge is 2.03. The van der Waals surface area contributed by atoms with Gasteiger partial charge in [-0.25, -0.2) is 4.98 Å². The average Bonchev–Trinajstić information content (AvgIpc) is 2.77. The molecule has 0 aliphatic heterocycles. The number of pyridine rings is 1. The number of thiophene rings is 1. The van der Waals surface area contributed by atoms with Crippen LogP contribution in [0.4, 0.5) is 0 Å². The van der Waals surface area contributed by atoms with E-state index in [1.807, 2.05) is 24.5 Å². The second-order valence-corrected chi connectivity index (χ2v) is 6.36. The molecule has 0 aliphatic carbocycles. The van der Waals surface area contributed by atoms with Crippen molar-refractivity contribution in [2.24, 2.45) is 5.73 Å². The number of nitrogens with zero attached hydrogens (tertiary/aromatic N) is 1. The van der Waals surface area contributed by atoms with E-state index >= 15 is 0 Å². The van der Waals surface area contributed by atoms with Crippen molar-refractivity contribution in [3.8, 4) is 0 Å². The Balaban J connectivity index is 2.13. The quantitative estimate of drug-likeness (QED) is 0.862. The number of aromatic nitrogens is 1. The van der Waals surface area contributed by atoms with Gasteiger partial charge < -0.3 is 5.73 Å². The first-order chi connectivity index (χ1) is 7.81. The predicted molar refractivity (Wildman–Crippen MR) is 72.4 cm³/mol. The third-order valence-corrected chi connectivity index (χ3v) is 4.77. The van der Waals surface area contributed by atoms with Gasteiger partial charge in [0.1, 0.15) is 5.03 Å². The highest BCUT2D eigenvalue weighted by atomic mass is 32.2. The van der Waals surface area contributed by atoms with Crippen LogP contribution < -0.4 is 5.73 Å². The van der Waals surface area contributed by atoms with Crippen molar-refractivity contribution in [2.45, 2.75) is 20.8 Å². The monoisotopic (exact) mass is 268 g/mol. The van der Waals surface area contributed by atoms with Crippen molar-refractivity contribution in [1.29, 1.82) is 0 Å². The predicted octanol–water partition coefficient (Wildman–Crippen LogP) is 3.47. The molecule has 0 amide bonds. The molecule has 0 fully saturated rings. The molecule has 16 heavy (non-hydrogen) atoms. The molecule has 2 heterocycles. The molecule has 2 aromatic rings. The van der Waals surface area contributed by atoms with E-state index in [1.54, 1.807) is 34.9 Å². The zero-order chi connectivity index (χ0) is 11.4. The molecule has 0 saturated heterocycles. The summed E-state index contributed by atoms with van der Waals surface area (Å²) in [5.74, 6) is 0. The molecule has 0 saturated carbocycles. The lowest BCUT2D eigenvalue weighted by Crippen LogP contribution is -1.90. The van der Waals surface area contributed by atoms with Gasteiger partial charge in [-0.15, -0.1) is 23.1 Å². The summed E-state index contributed by atoms with van der Waals surface area (Å²) < 4.78 is 1.24. The number of hydrogen-bond acceptors (Lipinski definition) is 5. The molecule has 0 atom stereocenters. The van der Waals surface area contributed by atoms with Crippen LogP contribution in [0.15, 0.2) is 44.6 Å². The van der Waals surface area contributed by atoms with E-state index in [-0.39, 0.29) is 0 Å². The van der Waals surface area contributed by atoms with Crippen molar-refractivity contribution < 1.29 is 0 Å². The molecule has 2 N–H and O–H groups in total. The van der Waals surface area contributed by atoms with Gasteiger partial charge in [-0.2, -0.15) is 0 Å². The zero-order valence-electron chi connectivity index (χ0n) is 8.84. The van der Waals surface area contributed by atoms with Gasteiger partial charge in [0.15, 0.2) is 0 Å². The van der Waals surface area contributed by atoms with Gasteiger partial charge in [-0.3, -0.25) is 0 Å². The van der Waals surface area contributed by atoms with Gasteiger partial charge in [-0.05, 0) is 30.5 Å². The Morgan fingerprint density at radius 1 is 1.25 bits per heavy atom. The van der Waals surface area contributed by atoms with Gasteiger partial charge in [0.05, 0.1) is 9.24 Å². The SMILES string of the molecule is CSc1cccc(Sc2ccc(CN)s2)n1. The molecule has 0 spiro atoms. The minimum atomic E-state index is 0.615. The normalized spacial score (nSPS) is 10.6. The van der Waals surface area contributed by atoms with Crippen molar-refractivity contribution in [1.82, 2.24) is 4.98 Å². The molecule has 0 unspecified atom stereocenters. The Bertz CT molecular complexity index is 468. The minimum Gasteiger partial charge on any atom is -0.326 e. The highest BCUT2D eigenvalue weighted by Crippen LogP contribution is 2.32. The minimum absolute atomic E-state index is 0.615. The van der Waals surface area contributed by atoms with Gasteiger partial charge >= 0.3 is 0 Å². The van der Waals surface area contributed by atoms with E-state index in [9.17, 15) is 0 Å². The fourth-order valence-corrected chi connectivity index (χ4v) is 3.64. The van der Waals surface area contributed by atoms with Gasteiger partial charge in [0.25, 0.3) is 0 Å². The summed E-state index contributed by atoms with van der Waals surface area (Å²) in [7, 11) is 0. The van der Waals surface area contributed by atoms with Gasteiger partial charge in [0.2, 0.25) is 0 Å². The Morgan fingerprint density at radius 2 is 2.06 bits per heavy atom. The second kappa shape index (κ2) is 5.72. The smallest absolute Gasteiger partial charge is 0.103 e. The topological polar surface area (TPSA) is 38.9 Å². The van der Waals surface area contributed by atoms with Gasteiger partial charge in [0, 0.05) is 11.4 Å². The van der Waals surface area contributed by atoms with Crippen LogP contribution in [0.2, 0.25) is 0 Å². The van der Waals surface area contributed by atoms with Crippen LogP contribution in [0, 0.1) is 0 Å². The van der Waals surface area contributed by atoms with E-state index in [0.717, 1.165) is 10.1 Å². The summed E-state index contributed by atoms with van der Waals surface area (Å²) in [6, 6.07) is 10.3. The number of rotatable bonds is 4. The molecule has 2 aromatic heterocycles. The van der Waals surface area contributed by atoms with Crippen LogP contribution in [-0.4, -0.2) is 11.2 Å². The van der Waals surface area contributed by atoms with Crippen molar-refractivity contribution in [3.05, 3.63) is 35.2 Å². The maximum Gasteiger partial charge on any atom is 0.103 e. The maximum absolute atomic E-state index is 5.58. The maximum atomic E-state index is 5.58. The molecular formula is C11H12N2S3. The molecule has 0 aromatic carbocycles. The number of hydrogen-bond donors (Lipinski definition) is 1. The lowest BCUT2D eigenvalue weighted by molar-refractivity contribution is 1.01. The summed E-state index contributed by atoms with van der Waals surface area (Å²) in [5.41, 5.74) is 5.58. The van der Waals surface area contributed by atoms with Crippen LogP contribution in [0.1, 0.15) is 4.88 Å². The van der Waals surface area contributed by atoms with Crippen molar-refractivity contribution >= 4 is 34.9 Å². The third kappa shape index (κ3) is 3.01. The lowest BCUT2D eigenvalue weighted by atomic mass is 10.5. The van der Waals surface area contributed by atoms with Crippen LogP contribution in [0.25, 0.3) is 0 Å². The van der Waals surface area contributed by atoms with Gasteiger partial charge in [-0.1, -0.05) is 17.8 Å². The molecule has 0 radical (unpaired) electrons. The molecule has 2 nitrogen and oxygen atoms in total. The summed E-state index contributed by atoms with van der Waals surface area (Å²) in [6.45, 7) is 0.615. The zero-order valence-corrected chi connectivity index (χ0v) is 11.3. The Hall–Kier alpha value is -0.490. The molecule has 2 rings (SSSR count). The summed E-state index contributed by atoms with van der Waals surface area (Å²) in [6.07, 6.45) is 2.04. The van der Waals surface area contributed by atoms with E-state index in [1.165, 1.54) is 9.09 Å². The molecule has 5 heteroatoms. The number of thioether (sulfide) groups is 1. The van der Waals surface area contributed by atoms with Crippen molar-refractivity contribution in [3.63, 3.8) is 0 Å². The lowest BCUT2D eigenvalue weighted by Gasteiger charge is -1.99. The molecule has 0 aliphatic rings. The van der Waals surface area contributed by atoms with Crippen LogP contribution >= 0.6 is 34.9 Å². The van der Waals surface area contributed by atoms with E-state index in [2.05, 4.69) is 17.1 Å². The standard InChI is InChI=1S/C11H12N2S3/c1-14-9-3-2-4-10(13-9)16-11-6-5-8(7-12)15-11/h2-6H,7,12H2,1H3. The first-order valence-corrected chi connectivity index (χ1v) is 7.65. The third-order valence-electron chi connectivity index (χ3n) is 1.95. The van der Waals surface area contributed by atoms with Crippen LogP contribution in [-0.2, 0) is 6.54 Å². The molecule has 0 bridgehead atoms. The summed E-state index contributed by atoms with van der Waals surface area (Å²) >= 11 is 5.09. The Kier molecular flexibility index (Phi) is 4.29. The van der Waals surface area contributed by atoms with Crippen LogP contribution in [0.3, 0.4) is 0 Å². The first kappa shape index (κ1) is 12.0. The Morgan fingerprint density at radius 3 is 2.75 bits per heavy atom.